The van der Waals surface area contributed by atoms with E-state index < -0.39 is 6.10 Å². The summed E-state index contributed by atoms with van der Waals surface area (Å²) in [7, 11) is 0. The van der Waals surface area contributed by atoms with Crippen molar-refractivity contribution in [2.24, 2.45) is 0 Å². The van der Waals surface area contributed by atoms with Gasteiger partial charge in [-0.2, -0.15) is 0 Å². The van der Waals surface area contributed by atoms with E-state index in [0.717, 1.165) is 23.3 Å². The Bertz CT molecular complexity index is 386. The maximum absolute atomic E-state index is 9.96. The second-order valence-electron chi connectivity index (χ2n) is 3.11. The Morgan fingerprint density at radius 3 is 2.86 bits per heavy atom. The molecule has 0 spiro atoms. The molecule has 1 N–H and O–H groups in total. The lowest BCUT2D eigenvalue weighted by Crippen LogP contribution is -1.99. The van der Waals surface area contributed by atoms with Crippen LogP contribution in [-0.2, 0) is 6.42 Å². The molecule has 0 saturated heterocycles. The number of aliphatic hydroxyl groups excluding tert-OH is 1. The van der Waals surface area contributed by atoms with E-state index in [-0.39, 0.29) is 0 Å². The molecule has 0 bridgehead atoms. The van der Waals surface area contributed by atoms with Crippen LogP contribution >= 0.6 is 0 Å². The van der Waals surface area contributed by atoms with Gasteiger partial charge in [0.25, 0.3) is 0 Å². The SMILES string of the molecule is CCc1occc1C(O)c1ccoc1. The summed E-state index contributed by atoms with van der Waals surface area (Å²) in [5, 5.41) is 9.96. The maximum Gasteiger partial charge on any atom is 0.110 e. The molecule has 14 heavy (non-hydrogen) atoms. The van der Waals surface area contributed by atoms with Crippen LogP contribution in [0.25, 0.3) is 0 Å². The van der Waals surface area contributed by atoms with Gasteiger partial charge in [0.2, 0.25) is 0 Å². The third-order valence-corrected chi connectivity index (χ3v) is 2.25. The number of hydrogen-bond donors (Lipinski definition) is 1. The van der Waals surface area contributed by atoms with Crippen LogP contribution in [0.15, 0.2) is 39.8 Å². The van der Waals surface area contributed by atoms with Crippen LogP contribution < -0.4 is 0 Å². The molecule has 0 aliphatic rings. The first-order chi connectivity index (χ1) is 6.83. The summed E-state index contributed by atoms with van der Waals surface area (Å²) in [5.41, 5.74) is 1.56. The molecule has 1 unspecified atom stereocenters. The molecule has 2 aromatic rings. The number of aliphatic hydroxyl groups is 1. The zero-order valence-electron chi connectivity index (χ0n) is 7.93. The molecule has 74 valence electrons. The van der Waals surface area contributed by atoms with Gasteiger partial charge in [0.05, 0.1) is 18.8 Å². The van der Waals surface area contributed by atoms with E-state index in [2.05, 4.69) is 0 Å². The summed E-state index contributed by atoms with van der Waals surface area (Å²) in [6.07, 6.45) is 4.80. The highest BCUT2D eigenvalue weighted by molar-refractivity contribution is 5.29. The van der Waals surface area contributed by atoms with Crippen molar-refractivity contribution in [3.8, 4) is 0 Å². The van der Waals surface area contributed by atoms with Crippen molar-refractivity contribution in [3.05, 3.63) is 47.8 Å². The van der Waals surface area contributed by atoms with Crippen LogP contribution in [0.3, 0.4) is 0 Å². The molecule has 0 fully saturated rings. The van der Waals surface area contributed by atoms with E-state index in [1.54, 1.807) is 24.7 Å². The summed E-state index contributed by atoms with van der Waals surface area (Å²) < 4.78 is 10.2. The fraction of sp³-hybridized carbons (Fsp3) is 0.273. The Morgan fingerprint density at radius 2 is 2.21 bits per heavy atom. The van der Waals surface area contributed by atoms with Crippen LogP contribution in [0.4, 0.5) is 0 Å². The molecule has 0 saturated carbocycles. The predicted molar refractivity (Wildman–Crippen MR) is 50.9 cm³/mol. The van der Waals surface area contributed by atoms with Crippen LogP contribution in [0.2, 0.25) is 0 Å². The van der Waals surface area contributed by atoms with Gasteiger partial charge < -0.3 is 13.9 Å². The van der Waals surface area contributed by atoms with Crippen LogP contribution in [-0.4, -0.2) is 5.11 Å². The Hall–Kier alpha value is -1.48. The summed E-state index contributed by atoms with van der Waals surface area (Å²) in [6, 6.07) is 3.54. The van der Waals surface area contributed by atoms with E-state index in [1.165, 1.54) is 6.26 Å². The monoisotopic (exact) mass is 192 g/mol. The first-order valence-corrected chi connectivity index (χ1v) is 4.59. The maximum atomic E-state index is 9.96. The van der Waals surface area contributed by atoms with E-state index in [1.807, 2.05) is 6.92 Å². The van der Waals surface area contributed by atoms with E-state index in [0.29, 0.717) is 0 Å². The molecule has 2 rings (SSSR count). The molecule has 0 aliphatic carbocycles. The fourth-order valence-corrected chi connectivity index (χ4v) is 1.49. The lowest BCUT2D eigenvalue weighted by molar-refractivity contribution is 0.216. The van der Waals surface area contributed by atoms with Gasteiger partial charge in [-0.15, -0.1) is 0 Å². The Balaban J connectivity index is 2.31. The quantitative estimate of drug-likeness (QED) is 0.812. The average Bonchev–Trinajstić information content (AvgIpc) is 2.87. The van der Waals surface area contributed by atoms with E-state index in [9.17, 15) is 5.11 Å². The molecular formula is C11H12O3. The van der Waals surface area contributed by atoms with Crippen LogP contribution in [0, 0.1) is 0 Å². The summed E-state index contributed by atoms with van der Waals surface area (Å²) in [5.74, 6) is 0.818. The van der Waals surface area contributed by atoms with Crippen molar-refractivity contribution in [2.45, 2.75) is 19.4 Å². The number of aryl methyl sites for hydroxylation is 1. The van der Waals surface area contributed by atoms with Gasteiger partial charge in [-0.1, -0.05) is 6.92 Å². The zero-order chi connectivity index (χ0) is 9.97. The minimum Gasteiger partial charge on any atom is -0.472 e. The van der Waals surface area contributed by atoms with Gasteiger partial charge in [-0.25, -0.2) is 0 Å². The molecule has 2 heterocycles. The van der Waals surface area contributed by atoms with Gasteiger partial charge >= 0.3 is 0 Å². The summed E-state index contributed by atoms with van der Waals surface area (Å²) in [6.45, 7) is 1.99. The standard InChI is InChI=1S/C11H12O3/c1-2-10-9(4-6-14-10)11(12)8-3-5-13-7-8/h3-7,11-12H,2H2,1H3. The first kappa shape index (κ1) is 9.09. The lowest BCUT2D eigenvalue weighted by Gasteiger charge is -2.07. The van der Waals surface area contributed by atoms with Crippen molar-refractivity contribution in [1.82, 2.24) is 0 Å². The molecule has 1 atom stereocenters. The fourth-order valence-electron chi connectivity index (χ4n) is 1.49. The molecule has 0 radical (unpaired) electrons. The van der Waals surface area contributed by atoms with Crippen molar-refractivity contribution in [3.63, 3.8) is 0 Å². The Kier molecular flexibility index (Phi) is 2.41. The third kappa shape index (κ3) is 1.46. The topological polar surface area (TPSA) is 46.5 Å². The number of furan rings is 2. The average molecular weight is 192 g/mol. The van der Waals surface area contributed by atoms with Gasteiger partial charge in [-0.3, -0.25) is 0 Å². The predicted octanol–water partition coefficient (Wildman–Crippen LogP) is 2.52. The van der Waals surface area contributed by atoms with Gasteiger partial charge in [0, 0.05) is 17.5 Å². The second-order valence-corrected chi connectivity index (χ2v) is 3.11. The van der Waals surface area contributed by atoms with Crippen molar-refractivity contribution < 1.29 is 13.9 Å². The molecular weight excluding hydrogens is 180 g/mol. The number of hydrogen-bond acceptors (Lipinski definition) is 3. The van der Waals surface area contributed by atoms with E-state index in [4.69, 9.17) is 8.83 Å². The zero-order valence-corrected chi connectivity index (χ0v) is 7.93. The Labute approximate surface area is 82.0 Å². The number of rotatable bonds is 3. The molecule has 0 amide bonds. The van der Waals surface area contributed by atoms with Crippen molar-refractivity contribution in [2.75, 3.05) is 0 Å². The highest BCUT2D eigenvalue weighted by Crippen LogP contribution is 2.26. The molecule has 0 aromatic carbocycles. The highest BCUT2D eigenvalue weighted by atomic mass is 16.3. The minimum absolute atomic E-state index is 0.651. The van der Waals surface area contributed by atoms with Crippen LogP contribution in [0.5, 0.6) is 0 Å². The first-order valence-electron chi connectivity index (χ1n) is 4.59. The molecule has 2 aromatic heterocycles. The summed E-state index contributed by atoms with van der Waals surface area (Å²) >= 11 is 0. The minimum atomic E-state index is -0.651. The Morgan fingerprint density at radius 1 is 1.36 bits per heavy atom. The third-order valence-electron chi connectivity index (χ3n) is 2.25. The second kappa shape index (κ2) is 3.72. The van der Waals surface area contributed by atoms with E-state index >= 15 is 0 Å². The molecule has 0 aliphatic heterocycles. The highest BCUT2D eigenvalue weighted by Gasteiger charge is 2.16. The summed E-state index contributed by atoms with van der Waals surface area (Å²) in [4.78, 5) is 0. The van der Waals surface area contributed by atoms with Gasteiger partial charge in [0.15, 0.2) is 0 Å². The van der Waals surface area contributed by atoms with Crippen molar-refractivity contribution in [1.29, 1.82) is 0 Å². The largest absolute Gasteiger partial charge is 0.472 e. The molecule has 3 nitrogen and oxygen atoms in total. The van der Waals surface area contributed by atoms with Gasteiger partial charge in [-0.05, 0) is 12.1 Å². The van der Waals surface area contributed by atoms with Crippen molar-refractivity contribution >= 4 is 0 Å². The van der Waals surface area contributed by atoms with Gasteiger partial charge in [0.1, 0.15) is 11.9 Å². The lowest BCUT2D eigenvalue weighted by atomic mass is 10.0. The smallest absolute Gasteiger partial charge is 0.110 e. The molecule has 3 heteroatoms. The van der Waals surface area contributed by atoms with Crippen LogP contribution in [0.1, 0.15) is 29.9 Å². The normalized spacial score (nSPS) is 13.0.